The number of carbonyl (C=O) groups is 1. The molecule has 17 heavy (non-hydrogen) atoms. The molecule has 4 heteroatoms. The van der Waals surface area contributed by atoms with Crippen LogP contribution < -0.4 is 11.1 Å². The molecule has 0 radical (unpaired) electrons. The first-order chi connectivity index (χ1) is 8.24. The average molecular weight is 256 g/mol. The van der Waals surface area contributed by atoms with Crippen molar-refractivity contribution in [2.75, 3.05) is 18.1 Å². The molecule has 2 fully saturated rings. The van der Waals surface area contributed by atoms with Gasteiger partial charge in [0.25, 0.3) is 0 Å². The van der Waals surface area contributed by atoms with Crippen LogP contribution in [0.5, 0.6) is 0 Å². The third-order valence-corrected chi connectivity index (χ3v) is 5.22. The maximum atomic E-state index is 12.1. The zero-order valence-corrected chi connectivity index (χ0v) is 11.4. The Balaban J connectivity index is 1.79. The molecule has 0 aromatic carbocycles. The van der Waals surface area contributed by atoms with E-state index in [4.69, 9.17) is 5.73 Å². The highest BCUT2D eigenvalue weighted by Crippen LogP contribution is 2.30. The van der Waals surface area contributed by atoms with E-state index < -0.39 is 0 Å². The number of nitrogens with one attached hydrogen (secondary N) is 1. The Kier molecular flexibility index (Phi) is 4.74. The Hall–Kier alpha value is -0.220. The van der Waals surface area contributed by atoms with Crippen molar-refractivity contribution < 1.29 is 4.79 Å². The molecule has 0 aromatic heterocycles. The second kappa shape index (κ2) is 6.10. The highest BCUT2D eigenvalue weighted by atomic mass is 32.2. The molecule has 1 saturated carbocycles. The molecule has 0 aromatic rings. The second-order valence-corrected chi connectivity index (χ2v) is 6.72. The molecule has 0 unspecified atom stereocenters. The molecule has 98 valence electrons. The van der Waals surface area contributed by atoms with Crippen molar-refractivity contribution >= 4 is 17.7 Å². The first kappa shape index (κ1) is 13.2. The lowest BCUT2D eigenvalue weighted by atomic mass is 9.94. The molecular formula is C13H24N2OS. The summed E-state index contributed by atoms with van der Waals surface area (Å²) < 4.78 is 0. The number of hydrogen-bond donors (Lipinski definition) is 2. The van der Waals surface area contributed by atoms with Gasteiger partial charge in [-0.2, -0.15) is 11.8 Å². The molecule has 3 nitrogen and oxygen atoms in total. The average Bonchev–Trinajstić information content (AvgIpc) is 2.79. The van der Waals surface area contributed by atoms with E-state index in [1.807, 2.05) is 11.8 Å². The summed E-state index contributed by atoms with van der Waals surface area (Å²) in [5.74, 6) is 3.28. The van der Waals surface area contributed by atoms with Gasteiger partial charge >= 0.3 is 0 Å². The summed E-state index contributed by atoms with van der Waals surface area (Å²) in [6, 6.07) is 0. The summed E-state index contributed by atoms with van der Waals surface area (Å²) in [6.07, 6.45) is 7.66. The van der Waals surface area contributed by atoms with Gasteiger partial charge in [-0.25, -0.2) is 0 Å². The minimum atomic E-state index is -0.0689. The summed E-state index contributed by atoms with van der Waals surface area (Å²) in [5.41, 5.74) is 5.76. The Labute approximate surface area is 108 Å². The SMILES string of the molecule is NCC1(NC(=O)CC2CCSCC2)CCCC1. The minimum absolute atomic E-state index is 0.0689. The van der Waals surface area contributed by atoms with Gasteiger partial charge in [0, 0.05) is 13.0 Å². The van der Waals surface area contributed by atoms with Gasteiger partial charge in [-0.1, -0.05) is 12.8 Å². The monoisotopic (exact) mass is 256 g/mol. The van der Waals surface area contributed by atoms with Crippen LogP contribution in [0, 0.1) is 5.92 Å². The van der Waals surface area contributed by atoms with Gasteiger partial charge in [-0.15, -0.1) is 0 Å². The van der Waals surface area contributed by atoms with Crippen LogP contribution in [-0.2, 0) is 4.79 Å². The van der Waals surface area contributed by atoms with Crippen LogP contribution in [0.4, 0.5) is 0 Å². The molecule has 2 rings (SSSR count). The lowest BCUT2D eigenvalue weighted by Gasteiger charge is -2.30. The lowest BCUT2D eigenvalue weighted by molar-refractivity contribution is -0.123. The summed E-state index contributed by atoms with van der Waals surface area (Å²) in [4.78, 5) is 12.1. The zero-order valence-electron chi connectivity index (χ0n) is 10.5. The number of thioether (sulfide) groups is 1. The van der Waals surface area contributed by atoms with Gasteiger partial charge < -0.3 is 11.1 Å². The van der Waals surface area contributed by atoms with E-state index in [1.165, 1.54) is 37.2 Å². The molecule has 1 amide bonds. The van der Waals surface area contributed by atoms with E-state index in [-0.39, 0.29) is 11.4 Å². The van der Waals surface area contributed by atoms with E-state index in [9.17, 15) is 4.79 Å². The van der Waals surface area contributed by atoms with Crippen LogP contribution in [0.15, 0.2) is 0 Å². The van der Waals surface area contributed by atoms with Crippen LogP contribution in [0.25, 0.3) is 0 Å². The molecule has 0 bridgehead atoms. The maximum absolute atomic E-state index is 12.1. The lowest BCUT2D eigenvalue weighted by Crippen LogP contribution is -2.52. The highest BCUT2D eigenvalue weighted by molar-refractivity contribution is 7.99. The van der Waals surface area contributed by atoms with E-state index in [0.717, 1.165) is 12.8 Å². The topological polar surface area (TPSA) is 55.1 Å². The molecule has 1 heterocycles. The van der Waals surface area contributed by atoms with Gasteiger partial charge in [0.1, 0.15) is 0 Å². The van der Waals surface area contributed by atoms with Crippen molar-refractivity contribution in [2.24, 2.45) is 11.7 Å². The number of carbonyl (C=O) groups excluding carboxylic acids is 1. The molecule has 1 aliphatic heterocycles. The van der Waals surface area contributed by atoms with Crippen molar-refractivity contribution in [3.05, 3.63) is 0 Å². The van der Waals surface area contributed by atoms with Crippen LogP contribution >= 0.6 is 11.8 Å². The molecule has 0 atom stereocenters. The minimum Gasteiger partial charge on any atom is -0.349 e. The third-order valence-electron chi connectivity index (χ3n) is 4.17. The van der Waals surface area contributed by atoms with Crippen LogP contribution in [-0.4, -0.2) is 29.5 Å². The number of nitrogens with two attached hydrogens (primary N) is 1. The van der Waals surface area contributed by atoms with Gasteiger partial charge in [-0.05, 0) is 43.1 Å². The molecular weight excluding hydrogens is 232 g/mol. The van der Waals surface area contributed by atoms with Crippen molar-refractivity contribution in [1.29, 1.82) is 0 Å². The van der Waals surface area contributed by atoms with Crippen molar-refractivity contribution in [2.45, 2.75) is 50.5 Å². The van der Waals surface area contributed by atoms with Gasteiger partial charge in [0.2, 0.25) is 5.91 Å². The summed E-state index contributed by atoms with van der Waals surface area (Å²) in [6.45, 7) is 0.596. The van der Waals surface area contributed by atoms with Crippen molar-refractivity contribution in [3.8, 4) is 0 Å². The number of amides is 1. The fraction of sp³-hybridized carbons (Fsp3) is 0.923. The molecule has 1 aliphatic carbocycles. The maximum Gasteiger partial charge on any atom is 0.220 e. The summed E-state index contributed by atoms with van der Waals surface area (Å²) in [7, 11) is 0. The van der Waals surface area contributed by atoms with Crippen molar-refractivity contribution in [1.82, 2.24) is 5.32 Å². The molecule has 0 spiro atoms. The Morgan fingerprint density at radius 3 is 2.53 bits per heavy atom. The van der Waals surface area contributed by atoms with Crippen LogP contribution in [0.1, 0.15) is 44.9 Å². The predicted octanol–water partition coefficient (Wildman–Crippen LogP) is 1.91. The van der Waals surface area contributed by atoms with E-state index >= 15 is 0 Å². The normalized spacial score (nSPS) is 24.8. The standard InChI is InChI=1S/C13H24N2OS/c14-10-13(5-1-2-6-13)15-12(16)9-11-3-7-17-8-4-11/h11H,1-10,14H2,(H,15,16). The van der Waals surface area contributed by atoms with E-state index in [0.29, 0.717) is 18.9 Å². The fourth-order valence-electron chi connectivity index (χ4n) is 2.99. The Bertz CT molecular complexity index is 258. The first-order valence-corrected chi connectivity index (χ1v) is 7.98. The third kappa shape index (κ3) is 3.62. The zero-order chi connectivity index (χ0) is 12.1. The second-order valence-electron chi connectivity index (χ2n) is 5.50. The summed E-state index contributed by atoms with van der Waals surface area (Å²) >= 11 is 2.01. The van der Waals surface area contributed by atoms with E-state index in [1.54, 1.807) is 0 Å². The fourth-order valence-corrected chi connectivity index (χ4v) is 4.20. The number of hydrogen-bond acceptors (Lipinski definition) is 3. The largest absolute Gasteiger partial charge is 0.349 e. The Morgan fingerprint density at radius 2 is 1.94 bits per heavy atom. The number of rotatable bonds is 4. The van der Waals surface area contributed by atoms with E-state index in [2.05, 4.69) is 5.32 Å². The van der Waals surface area contributed by atoms with Gasteiger partial charge in [-0.3, -0.25) is 4.79 Å². The first-order valence-electron chi connectivity index (χ1n) is 6.83. The summed E-state index contributed by atoms with van der Waals surface area (Å²) in [5, 5.41) is 3.22. The molecule has 2 aliphatic rings. The highest BCUT2D eigenvalue weighted by Gasteiger charge is 2.34. The molecule has 1 saturated heterocycles. The molecule has 3 N–H and O–H groups in total. The quantitative estimate of drug-likeness (QED) is 0.808. The van der Waals surface area contributed by atoms with Gasteiger partial charge in [0.15, 0.2) is 0 Å². The predicted molar refractivity (Wildman–Crippen MR) is 73.1 cm³/mol. The van der Waals surface area contributed by atoms with Crippen LogP contribution in [0.2, 0.25) is 0 Å². The smallest absolute Gasteiger partial charge is 0.220 e. The van der Waals surface area contributed by atoms with Gasteiger partial charge in [0.05, 0.1) is 5.54 Å². The van der Waals surface area contributed by atoms with Crippen LogP contribution in [0.3, 0.4) is 0 Å². The van der Waals surface area contributed by atoms with Crippen molar-refractivity contribution in [3.63, 3.8) is 0 Å². The Morgan fingerprint density at radius 1 is 1.29 bits per heavy atom.